The van der Waals surface area contributed by atoms with Gasteiger partial charge >= 0.3 is 0 Å². The van der Waals surface area contributed by atoms with Crippen LogP contribution in [0.3, 0.4) is 0 Å². The number of benzene rings is 2. The van der Waals surface area contributed by atoms with Crippen molar-refractivity contribution in [3.05, 3.63) is 47.5 Å². The van der Waals surface area contributed by atoms with E-state index in [0.717, 1.165) is 5.56 Å². The molecule has 3 heteroatoms. The highest BCUT2D eigenvalue weighted by Gasteiger charge is 2.29. The molecule has 2 aromatic carbocycles. The first-order chi connectivity index (χ1) is 7.75. The lowest BCUT2D eigenvalue weighted by molar-refractivity contribution is 0.401. The Bertz CT molecular complexity index is 547. The maximum Gasteiger partial charge on any atom is 0.177 e. The normalized spacial score (nSPS) is 11.8. The minimum Gasteiger partial charge on any atom is -0.504 e. The van der Waals surface area contributed by atoms with Gasteiger partial charge in [-0.3, -0.25) is 0 Å². The van der Waals surface area contributed by atoms with E-state index in [4.69, 9.17) is 4.74 Å². The molecule has 0 aromatic heterocycles. The van der Waals surface area contributed by atoms with E-state index < -0.39 is 0 Å². The summed E-state index contributed by atoms with van der Waals surface area (Å²) < 4.78 is 5.18. The third-order valence-electron chi connectivity index (χ3n) is 2.69. The maximum atomic E-state index is 9.74. The van der Waals surface area contributed by atoms with Crippen molar-refractivity contribution >= 4 is 0 Å². The predicted octanol–water partition coefficient (Wildman–Crippen LogP) is 2.79. The Labute approximate surface area is 92.5 Å². The van der Waals surface area contributed by atoms with Crippen LogP contribution in [0.5, 0.6) is 23.0 Å². The van der Waals surface area contributed by atoms with Crippen molar-refractivity contribution in [3.63, 3.8) is 0 Å². The van der Waals surface area contributed by atoms with Crippen LogP contribution in [0.25, 0.3) is 0 Å². The van der Waals surface area contributed by atoms with Crippen molar-refractivity contribution in [2.45, 2.75) is 6.42 Å². The topological polar surface area (TPSA) is 53.0 Å². The van der Waals surface area contributed by atoms with Gasteiger partial charge in [-0.1, -0.05) is 30.3 Å². The Morgan fingerprint density at radius 3 is 2.56 bits per heavy atom. The zero-order chi connectivity index (χ0) is 11.1. The number of fused-ring (bicyclic) bond motifs is 1. The van der Waals surface area contributed by atoms with Gasteiger partial charge in [0.2, 0.25) is 0 Å². The zero-order valence-electron chi connectivity index (χ0n) is 8.47. The van der Waals surface area contributed by atoms with Crippen LogP contribution in [-0.4, -0.2) is 10.2 Å². The first-order valence-electron chi connectivity index (χ1n) is 5.05. The van der Waals surface area contributed by atoms with E-state index in [-0.39, 0.29) is 11.5 Å². The molecular formula is C13H10O3. The summed E-state index contributed by atoms with van der Waals surface area (Å²) in [6.07, 6.45) is 0.559. The van der Waals surface area contributed by atoms with Gasteiger partial charge in [0.25, 0.3) is 0 Å². The van der Waals surface area contributed by atoms with Crippen LogP contribution in [0.1, 0.15) is 11.1 Å². The summed E-state index contributed by atoms with van der Waals surface area (Å²) in [5, 5.41) is 19.2. The molecular weight excluding hydrogens is 204 g/mol. The number of hydrogen-bond donors (Lipinski definition) is 2. The molecule has 0 unspecified atom stereocenters. The molecule has 1 aliphatic heterocycles. The number of rotatable bonds is 2. The monoisotopic (exact) mass is 214 g/mol. The lowest BCUT2D eigenvalue weighted by atomic mass is 10.0. The SMILES string of the molecule is Oc1cc2c(c(Cc3ccccc3)c1O)O2. The molecule has 0 atom stereocenters. The summed E-state index contributed by atoms with van der Waals surface area (Å²) in [7, 11) is 0. The van der Waals surface area contributed by atoms with Gasteiger partial charge in [-0.05, 0) is 5.56 Å². The molecule has 1 heterocycles. The second-order valence-corrected chi connectivity index (χ2v) is 3.81. The molecule has 0 aliphatic carbocycles. The third-order valence-corrected chi connectivity index (χ3v) is 2.69. The molecule has 0 saturated carbocycles. The van der Waals surface area contributed by atoms with E-state index in [1.54, 1.807) is 0 Å². The molecule has 80 valence electrons. The molecule has 3 nitrogen and oxygen atoms in total. The van der Waals surface area contributed by atoms with Gasteiger partial charge in [0, 0.05) is 18.1 Å². The molecule has 1 aliphatic rings. The van der Waals surface area contributed by atoms with E-state index in [9.17, 15) is 10.2 Å². The van der Waals surface area contributed by atoms with Crippen molar-refractivity contribution < 1.29 is 14.9 Å². The Kier molecular flexibility index (Phi) is 1.80. The predicted molar refractivity (Wildman–Crippen MR) is 59.1 cm³/mol. The van der Waals surface area contributed by atoms with Gasteiger partial charge in [-0.2, -0.15) is 0 Å². The largest absolute Gasteiger partial charge is 0.504 e. The lowest BCUT2D eigenvalue weighted by Gasteiger charge is -2.03. The molecule has 0 radical (unpaired) electrons. The molecule has 3 rings (SSSR count). The molecule has 2 aromatic rings. The van der Waals surface area contributed by atoms with E-state index in [1.165, 1.54) is 6.07 Å². The minimum atomic E-state index is -0.123. The van der Waals surface area contributed by atoms with Crippen molar-refractivity contribution in [1.29, 1.82) is 0 Å². The number of ether oxygens (including phenoxy) is 1. The fourth-order valence-electron chi connectivity index (χ4n) is 1.81. The third kappa shape index (κ3) is 1.37. The van der Waals surface area contributed by atoms with Crippen LogP contribution < -0.4 is 4.74 Å². The van der Waals surface area contributed by atoms with Crippen molar-refractivity contribution in [3.8, 4) is 23.0 Å². The fourth-order valence-corrected chi connectivity index (χ4v) is 1.81. The Morgan fingerprint density at radius 2 is 1.81 bits per heavy atom. The van der Waals surface area contributed by atoms with Crippen LogP contribution >= 0.6 is 0 Å². The summed E-state index contributed by atoms with van der Waals surface area (Å²) in [6, 6.07) is 11.2. The maximum absolute atomic E-state index is 9.74. The summed E-state index contributed by atoms with van der Waals surface area (Å²) >= 11 is 0. The van der Waals surface area contributed by atoms with Crippen LogP contribution in [0.2, 0.25) is 0 Å². The van der Waals surface area contributed by atoms with Crippen LogP contribution in [0, 0.1) is 0 Å². The average Bonchev–Trinajstić information content (AvgIpc) is 3.05. The average molecular weight is 214 g/mol. The number of phenolic OH excluding ortho intramolecular Hbond substituents is 2. The molecule has 0 saturated heterocycles. The first kappa shape index (κ1) is 9.09. The number of hydrogen-bond acceptors (Lipinski definition) is 3. The zero-order valence-corrected chi connectivity index (χ0v) is 8.47. The molecule has 2 N–H and O–H groups in total. The Balaban J connectivity index is 2.01. The molecule has 16 heavy (non-hydrogen) atoms. The van der Waals surface area contributed by atoms with E-state index in [2.05, 4.69) is 0 Å². The van der Waals surface area contributed by atoms with Crippen molar-refractivity contribution in [2.75, 3.05) is 0 Å². The Morgan fingerprint density at radius 1 is 1.06 bits per heavy atom. The molecule has 0 bridgehead atoms. The van der Waals surface area contributed by atoms with Gasteiger partial charge in [-0.25, -0.2) is 0 Å². The second kappa shape index (κ2) is 3.17. The highest BCUT2D eigenvalue weighted by Crippen LogP contribution is 2.55. The van der Waals surface area contributed by atoms with Crippen LogP contribution in [-0.2, 0) is 6.42 Å². The summed E-state index contributed by atoms with van der Waals surface area (Å²) in [6.45, 7) is 0. The van der Waals surface area contributed by atoms with Gasteiger partial charge in [-0.15, -0.1) is 0 Å². The Hall–Kier alpha value is -2.16. The van der Waals surface area contributed by atoms with Gasteiger partial charge in [0.05, 0.1) is 0 Å². The minimum absolute atomic E-state index is 0.0832. The standard InChI is InChI=1S/C13H10O3/c14-10-7-11-13(16-11)9(12(10)15)6-8-4-2-1-3-5-8/h1-5,7,14-15H,6H2. The smallest absolute Gasteiger partial charge is 0.177 e. The fraction of sp³-hybridized carbons (Fsp3) is 0.0769. The lowest BCUT2D eigenvalue weighted by Crippen LogP contribution is -1.86. The quantitative estimate of drug-likeness (QED) is 0.509. The van der Waals surface area contributed by atoms with Gasteiger partial charge < -0.3 is 14.9 Å². The molecule has 0 spiro atoms. The summed E-state index contributed by atoms with van der Waals surface area (Å²) in [4.78, 5) is 0. The van der Waals surface area contributed by atoms with Crippen LogP contribution in [0.4, 0.5) is 0 Å². The van der Waals surface area contributed by atoms with Crippen LogP contribution in [0.15, 0.2) is 36.4 Å². The van der Waals surface area contributed by atoms with Crippen molar-refractivity contribution in [2.24, 2.45) is 0 Å². The second-order valence-electron chi connectivity index (χ2n) is 3.81. The molecule has 0 fully saturated rings. The van der Waals surface area contributed by atoms with E-state index in [1.807, 2.05) is 30.3 Å². The number of phenols is 2. The van der Waals surface area contributed by atoms with Crippen molar-refractivity contribution in [1.82, 2.24) is 0 Å². The summed E-state index contributed by atoms with van der Waals surface area (Å²) in [5.41, 5.74) is 1.72. The van der Waals surface area contributed by atoms with E-state index >= 15 is 0 Å². The number of aromatic hydroxyl groups is 2. The van der Waals surface area contributed by atoms with Gasteiger partial charge in [0.1, 0.15) is 0 Å². The molecule has 0 amide bonds. The first-order valence-corrected chi connectivity index (χ1v) is 5.05. The van der Waals surface area contributed by atoms with Gasteiger partial charge in [0.15, 0.2) is 23.0 Å². The highest BCUT2D eigenvalue weighted by atomic mass is 16.6. The summed E-state index contributed by atoms with van der Waals surface area (Å²) in [5.74, 6) is 1.14. The van der Waals surface area contributed by atoms with E-state index in [0.29, 0.717) is 23.5 Å². The highest BCUT2D eigenvalue weighted by molar-refractivity contribution is 5.69.